The number of rotatable bonds is 5. The van der Waals surface area contributed by atoms with E-state index in [-0.39, 0.29) is 6.03 Å². The van der Waals surface area contributed by atoms with E-state index in [1.807, 2.05) is 23.1 Å². The molecule has 92 valence electrons. The Morgan fingerprint density at radius 1 is 1.41 bits per heavy atom. The zero-order valence-corrected chi connectivity index (χ0v) is 10.1. The first-order valence-electron chi connectivity index (χ1n) is 6.08. The van der Waals surface area contributed by atoms with Crippen LogP contribution in [0.1, 0.15) is 18.5 Å². The molecule has 4 heteroatoms. The SMILES string of the molecule is C[C@@H](NCCN1CCNC1=O)c1ccccc1. The van der Waals surface area contributed by atoms with Gasteiger partial charge in [-0.25, -0.2) is 4.79 Å². The minimum Gasteiger partial charge on any atom is -0.336 e. The largest absolute Gasteiger partial charge is 0.336 e. The molecule has 1 saturated heterocycles. The smallest absolute Gasteiger partial charge is 0.317 e. The lowest BCUT2D eigenvalue weighted by atomic mass is 10.1. The van der Waals surface area contributed by atoms with Crippen molar-refractivity contribution >= 4 is 6.03 Å². The number of nitrogens with zero attached hydrogens (tertiary/aromatic N) is 1. The summed E-state index contributed by atoms with van der Waals surface area (Å²) in [4.78, 5) is 13.1. The fourth-order valence-corrected chi connectivity index (χ4v) is 2.00. The normalized spacial score (nSPS) is 17.0. The van der Waals surface area contributed by atoms with Crippen LogP contribution in [0.2, 0.25) is 0 Å². The van der Waals surface area contributed by atoms with Crippen molar-refractivity contribution in [2.45, 2.75) is 13.0 Å². The molecule has 2 N–H and O–H groups in total. The van der Waals surface area contributed by atoms with E-state index in [1.165, 1.54) is 5.56 Å². The summed E-state index contributed by atoms with van der Waals surface area (Å²) >= 11 is 0. The molecule has 2 amide bonds. The van der Waals surface area contributed by atoms with Crippen molar-refractivity contribution in [3.63, 3.8) is 0 Å². The summed E-state index contributed by atoms with van der Waals surface area (Å²) in [6, 6.07) is 10.7. The third kappa shape index (κ3) is 3.20. The van der Waals surface area contributed by atoms with Crippen molar-refractivity contribution in [1.29, 1.82) is 0 Å². The van der Waals surface area contributed by atoms with Crippen LogP contribution in [-0.2, 0) is 0 Å². The maximum absolute atomic E-state index is 11.3. The molecule has 17 heavy (non-hydrogen) atoms. The van der Waals surface area contributed by atoms with Crippen LogP contribution in [0.4, 0.5) is 4.79 Å². The first-order valence-corrected chi connectivity index (χ1v) is 6.08. The van der Waals surface area contributed by atoms with E-state index in [0.717, 1.165) is 26.2 Å². The van der Waals surface area contributed by atoms with Crippen LogP contribution in [0.15, 0.2) is 30.3 Å². The number of nitrogens with one attached hydrogen (secondary N) is 2. The van der Waals surface area contributed by atoms with Gasteiger partial charge in [0.2, 0.25) is 0 Å². The highest BCUT2D eigenvalue weighted by molar-refractivity contribution is 5.76. The van der Waals surface area contributed by atoms with Gasteiger partial charge in [-0.05, 0) is 12.5 Å². The van der Waals surface area contributed by atoms with Gasteiger partial charge in [-0.15, -0.1) is 0 Å². The predicted molar refractivity (Wildman–Crippen MR) is 67.8 cm³/mol. The highest BCUT2D eigenvalue weighted by atomic mass is 16.2. The van der Waals surface area contributed by atoms with Crippen molar-refractivity contribution in [3.8, 4) is 0 Å². The Bertz CT molecular complexity index is 366. The van der Waals surface area contributed by atoms with E-state index in [0.29, 0.717) is 6.04 Å². The molecule has 0 radical (unpaired) electrons. The first-order chi connectivity index (χ1) is 8.27. The molecule has 0 spiro atoms. The highest BCUT2D eigenvalue weighted by Gasteiger charge is 2.18. The van der Waals surface area contributed by atoms with Gasteiger partial charge < -0.3 is 15.5 Å². The molecule has 1 aromatic carbocycles. The maximum atomic E-state index is 11.3. The second kappa shape index (κ2) is 5.68. The van der Waals surface area contributed by atoms with E-state index in [9.17, 15) is 4.79 Å². The van der Waals surface area contributed by atoms with Gasteiger partial charge in [-0.2, -0.15) is 0 Å². The van der Waals surface area contributed by atoms with E-state index in [4.69, 9.17) is 0 Å². The van der Waals surface area contributed by atoms with Gasteiger partial charge in [0, 0.05) is 32.2 Å². The van der Waals surface area contributed by atoms with Crippen LogP contribution in [0.5, 0.6) is 0 Å². The van der Waals surface area contributed by atoms with Crippen LogP contribution in [0.3, 0.4) is 0 Å². The van der Waals surface area contributed by atoms with Gasteiger partial charge in [0.25, 0.3) is 0 Å². The lowest BCUT2D eigenvalue weighted by Crippen LogP contribution is -2.35. The second-order valence-corrected chi connectivity index (χ2v) is 4.31. The monoisotopic (exact) mass is 233 g/mol. The average Bonchev–Trinajstić information content (AvgIpc) is 2.76. The Balaban J connectivity index is 1.73. The minimum absolute atomic E-state index is 0.0548. The maximum Gasteiger partial charge on any atom is 0.317 e. The van der Waals surface area contributed by atoms with Crippen molar-refractivity contribution in [2.24, 2.45) is 0 Å². The molecular formula is C13H19N3O. The number of carbonyl (C=O) groups is 1. The molecule has 0 saturated carbocycles. The Morgan fingerprint density at radius 3 is 2.82 bits per heavy atom. The van der Waals surface area contributed by atoms with Crippen molar-refractivity contribution < 1.29 is 4.79 Å². The molecule has 1 atom stereocenters. The molecule has 0 aromatic heterocycles. The van der Waals surface area contributed by atoms with Crippen molar-refractivity contribution in [3.05, 3.63) is 35.9 Å². The molecule has 0 bridgehead atoms. The summed E-state index contributed by atoms with van der Waals surface area (Å²) in [5.41, 5.74) is 1.28. The van der Waals surface area contributed by atoms with Gasteiger partial charge in [0.1, 0.15) is 0 Å². The standard InChI is InChI=1S/C13H19N3O/c1-11(12-5-3-2-4-6-12)14-7-9-16-10-8-15-13(16)17/h2-6,11,14H,7-10H2,1H3,(H,15,17)/t11-/m1/s1. The minimum atomic E-state index is 0.0548. The van der Waals surface area contributed by atoms with Crippen LogP contribution in [-0.4, -0.2) is 37.1 Å². The van der Waals surface area contributed by atoms with E-state index >= 15 is 0 Å². The second-order valence-electron chi connectivity index (χ2n) is 4.31. The van der Waals surface area contributed by atoms with E-state index in [2.05, 4.69) is 29.7 Å². The molecule has 4 nitrogen and oxygen atoms in total. The fraction of sp³-hybridized carbons (Fsp3) is 0.462. The van der Waals surface area contributed by atoms with E-state index in [1.54, 1.807) is 0 Å². The lowest BCUT2D eigenvalue weighted by molar-refractivity contribution is 0.217. The van der Waals surface area contributed by atoms with Gasteiger partial charge in [0.05, 0.1) is 0 Å². The van der Waals surface area contributed by atoms with Gasteiger partial charge in [-0.3, -0.25) is 0 Å². The number of benzene rings is 1. The summed E-state index contributed by atoms with van der Waals surface area (Å²) in [5.74, 6) is 0. The molecule has 2 rings (SSSR count). The molecule has 1 aromatic rings. The topological polar surface area (TPSA) is 44.4 Å². The summed E-state index contributed by atoms with van der Waals surface area (Å²) in [5, 5.41) is 6.22. The van der Waals surface area contributed by atoms with Gasteiger partial charge >= 0.3 is 6.03 Å². The fourth-order valence-electron chi connectivity index (χ4n) is 2.00. The van der Waals surface area contributed by atoms with Crippen LogP contribution in [0.25, 0.3) is 0 Å². The van der Waals surface area contributed by atoms with Gasteiger partial charge in [0.15, 0.2) is 0 Å². The molecule has 0 unspecified atom stereocenters. The van der Waals surface area contributed by atoms with Gasteiger partial charge in [-0.1, -0.05) is 30.3 Å². The summed E-state index contributed by atoms with van der Waals surface area (Å²) in [6.07, 6.45) is 0. The third-order valence-corrected chi connectivity index (χ3v) is 3.08. The number of amides is 2. The number of hydrogen-bond donors (Lipinski definition) is 2. The third-order valence-electron chi connectivity index (χ3n) is 3.08. The quantitative estimate of drug-likeness (QED) is 0.806. The zero-order valence-electron chi connectivity index (χ0n) is 10.1. The summed E-state index contributed by atoms with van der Waals surface area (Å²) in [7, 11) is 0. The first kappa shape index (κ1) is 11.9. The molecule has 1 fully saturated rings. The Morgan fingerprint density at radius 2 is 2.18 bits per heavy atom. The number of urea groups is 1. The molecule has 1 aliphatic rings. The Hall–Kier alpha value is -1.55. The summed E-state index contributed by atoms with van der Waals surface area (Å²) < 4.78 is 0. The van der Waals surface area contributed by atoms with Crippen molar-refractivity contribution in [2.75, 3.05) is 26.2 Å². The summed E-state index contributed by atoms with van der Waals surface area (Å²) in [6.45, 7) is 5.32. The molecule has 1 heterocycles. The lowest BCUT2D eigenvalue weighted by Gasteiger charge is -2.18. The van der Waals surface area contributed by atoms with Crippen LogP contribution in [0, 0.1) is 0 Å². The number of carbonyl (C=O) groups excluding carboxylic acids is 1. The zero-order chi connectivity index (χ0) is 12.1. The highest BCUT2D eigenvalue weighted by Crippen LogP contribution is 2.10. The van der Waals surface area contributed by atoms with Crippen LogP contribution < -0.4 is 10.6 Å². The number of hydrogen-bond acceptors (Lipinski definition) is 2. The molecule has 1 aliphatic heterocycles. The van der Waals surface area contributed by atoms with Crippen LogP contribution >= 0.6 is 0 Å². The Labute approximate surface area is 102 Å². The molecule has 0 aliphatic carbocycles. The molecular weight excluding hydrogens is 214 g/mol. The van der Waals surface area contributed by atoms with E-state index < -0.39 is 0 Å². The predicted octanol–water partition coefficient (Wildman–Crippen LogP) is 1.36. The van der Waals surface area contributed by atoms with Crippen molar-refractivity contribution in [1.82, 2.24) is 15.5 Å². The Kier molecular flexibility index (Phi) is 3.98. The average molecular weight is 233 g/mol.